The summed E-state index contributed by atoms with van der Waals surface area (Å²) in [6.07, 6.45) is 1.03. The molecule has 10 N–H and O–H groups in total. The van der Waals surface area contributed by atoms with Crippen LogP contribution in [0.15, 0.2) is 48.0 Å². The van der Waals surface area contributed by atoms with Gasteiger partial charge in [0.1, 0.15) is 11.7 Å². The van der Waals surface area contributed by atoms with Crippen molar-refractivity contribution in [3.8, 4) is 11.3 Å². The Morgan fingerprint density at radius 1 is 1.14 bits per heavy atom. The zero-order valence-electron chi connectivity index (χ0n) is 21.7. The molecule has 42 heavy (non-hydrogen) atoms. The van der Waals surface area contributed by atoms with Crippen LogP contribution in [0.2, 0.25) is 5.02 Å². The third-order valence-corrected chi connectivity index (χ3v) is 6.16. The van der Waals surface area contributed by atoms with E-state index in [0.717, 1.165) is 6.20 Å². The normalized spacial score (nSPS) is 12.1. The lowest BCUT2D eigenvalue weighted by Gasteiger charge is -2.12. The third kappa shape index (κ3) is 7.05. The van der Waals surface area contributed by atoms with E-state index >= 15 is 0 Å². The Morgan fingerprint density at radius 2 is 1.90 bits per heavy atom. The van der Waals surface area contributed by atoms with E-state index in [1.54, 1.807) is 6.07 Å². The Morgan fingerprint density at radius 3 is 2.62 bits per heavy atom. The predicted octanol–water partition coefficient (Wildman–Crippen LogP) is 1.37. The number of nitrogens with two attached hydrogens (primary N) is 3. The zero-order valence-corrected chi connectivity index (χ0v) is 22.5. The number of hydrogen-bond acceptors (Lipinski definition) is 8. The largest absolute Gasteiger partial charge is 0.433 e. The van der Waals surface area contributed by atoms with E-state index < -0.39 is 29.7 Å². The number of aromatic amines is 1. The number of carbonyl (C=O) groups is 2. The predicted molar refractivity (Wildman–Crippen MR) is 149 cm³/mol. The summed E-state index contributed by atoms with van der Waals surface area (Å²) < 4.78 is 41.6. The molecule has 0 aliphatic rings. The molecule has 1 atom stereocenters. The first-order valence-electron chi connectivity index (χ1n) is 12.3. The topological polar surface area (TPSA) is 220 Å². The van der Waals surface area contributed by atoms with Crippen LogP contribution in [-0.4, -0.2) is 68.0 Å². The minimum atomic E-state index is -4.63. The van der Waals surface area contributed by atoms with Gasteiger partial charge in [-0.05, 0) is 24.6 Å². The van der Waals surface area contributed by atoms with Crippen LogP contribution in [0.5, 0.6) is 0 Å². The van der Waals surface area contributed by atoms with Crippen LogP contribution < -0.4 is 33.2 Å². The summed E-state index contributed by atoms with van der Waals surface area (Å²) in [5, 5.41) is 14.0. The van der Waals surface area contributed by atoms with E-state index in [1.807, 2.05) is 5.10 Å². The SMILES string of the molecule is NC(N)=NCC(N)C(=O)NCCCNC(=O)c1ccc(Nc2nccn3c(-c4cn[nH]c4C(F)(F)F)cnc23)cc1Cl. The number of imidazole rings is 1. The van der Waals surface area contributed by atoms with Gasteiger partial charge < -0.3 is 33.2 Å². The number of halogens is 4. The van der Waals surface area contributed by atoms with Crippen molar-refractivity contribution in [2.75, 3.05) is 25.0 Å². The number of rotatable bonds is 11. The van der Waals surface area contributed by atoms with E-state index in [1.165, 1.54) is 35.1 Å². The molecule has 4 aromatic rings. The number of guanidine groups is 1. The van der Waals surface area contributed by atoms with E-state index in [0.29, 0.717) is 12.1 Å². The fraction of sp³-hybridized carbons (Fsp3) is 0.250. The fourth-order valence-corrected chi connectivity index (χ4v) is 4.10. The number of carbonyl (C=O) groups excluding carboxylic acids is 2. The molecule has 4 rings (SSSR count). The van der Waals surface area contributed by atoms with Gasteiger partial charge in [-0.15, -0.1) is 0 Å². The number of anilines is 2. The average molecular weight is 607 g/mol. The monoisotopic (exact) mass is 606 g/mol. The number of H-pyrrole nitrogens is 1. The number of aromatic nitrogens is 5. The average Bonchev–Trinajstić information content (AvgIpc) is 3.59. The number of aliphatic imine (C=N–C) groups is 1. The molecule has 2 amide bonds. The maximum atomic E-state index is 13.4. The highest BCUT2D eigenvalue weighted by atomic mass is 35.5. The van der Waals surface area contributed by atoms with Crippen LogP contribution in [0, 0.1) is 0 Å². The van der Waals surface area contributed by atoms with Gasteiger partial charge in [-0.25, -0.2) is 9.97 Å². The first-order valence-corrected chi connectivity index (χ1v) is 12.7. The Kier molecular flexibility index (Phi) is 9.12. The molecule has 3 aromatic heterocycles. The molecule has 14 nitrogen and oxygen atoms in total. The molecule has 1 unspecified atom stereocenters. The van der Waals surface area contributed by atoms with Gasteiger partial charge in [0.25, 0.3) is 5.91 Å². The van der Waals surface area contributed by atoms with Gasteiger partial charge in [0.2, 0.25) is 5.91 Å². The second-order valence-corrected chi connectivity index (χ2v) is 9.27. The maximum absolute atomic E-state index is 13.4. The number of nitrogens with one attached hydrogen (secondary N) is 4. The summed E-state index contributed by atoms with van der Waals surface area (Å²) >= 11 is 6.35. The van der Waals surface area contributed by atoms with Gasteiger partial charge in [-0.3, -0.25) is 24.1 Å². The number of benzene rings is 1. The van der Waals surface area contributed by atoms with Crippen LogP contribution >= 0.6 is 11.6 Å². The summed E-state index contributed by atoms with van der Waals surface area (Å²) in [6, 6.07) is 3.69. The number of hydrogen-bond donors (Lipinski definition) is 7. The maximum Gasteiger partial charge on any atom is 0.433 e. The third-order valence-electron chi connectivity index (χ3n) is 5.85. The first kappa shape index (κ1) is 30.1. The minimum Gasteiger partial charge on any atom is -0.370 e. The molecular formula is C24H26ClF3N12O2. The Bertz CT molecular complexity index is 1610. The number of alkyl halides is 3. The lowest BCUT2D eigenvalue weighted by molar-refractivity contribution is -0.140. The van der Waals surface area contributed by atoms with Crippen molar-refractivity contribution in [1.82, 2.24) is 35.2 Å². The standard InChI is InChI=1S/C24H26ClF3N12O2/c25-15-8-12(2-3-13(15)21(41)33-4-1-5-34-22(42)16(29)10-36-23(30)31)38-19-20-35-11-17(40(20)7-6-32-19)14-9-37-39-18(14)24(26,27)28/h2-3,6-9,11,16H,1,4-5,10,29H2,(H,32,38)(H,33,41)(H,34,42)(H,37,39)(H4,30,31,36). The molecule has 222 valence electrons. The van der Waals surface area contributed by atoms with Crippen LogP contribution in [0.25, 0.3) is 16.9 Å². The summed E-state index contributed by atoms with van der Waals surface area (Å²) in [5.74, 6) is -0.779. The van der Waals surface area contributed by atoms with E-state index in [9.17, 15) is 22.8 Å². The van der Waals surface area contributed by atoms with Crippen molar-refractivity contribution in [3.05, 3.63) is 59.3 Å². The Hall–Kier alpha value is -4.90. The highest BCUT2D eigenvalue weighted by Crippen LogP contribution is 2.36. The van der Waals surface area contributed by atoms with Crippen LogP contribution in [0.4, 0.5) is 24.7 Å². The quantitative estimate of drug-likeness (QED) is 0.0743. The molecule has 0 saturated heterocycles. The van der Waals surface area contributed by atoms with Gasteiger partial charge in [-0.2, -0.15) is 18.3 Å². The fourth-order valence-electron chi connectivity index (χ4n) is 3.83. The van der Waals surface area contributed by atoms with Gasteiger partial charge in [-0.1, -0.05) is 11.6 Å². The Balaban J connectivity index is 1.36. The van der Waals surface area contributed by atoms with Crippen molar-refractivity contribution in [2.45, 2.75) is 18.6 Å². The second kappa shape index (κ2) is 12.7. The van der Waals surface area contributed by atoms with Crippen molar-refractivity contribution < 1.29 is 22.8 Å². The molecule has 18 heteroatoms. The molecule has 0 bridgehead atoms. The molecule has 0 saturated carbocycles. The molecular weight excluding hydrogens is 581 g/mol. The number of nitrogens with zero attached hydrogens (tertiary/aromatic N) is 5. The summed E-state index contributed by atoms with van der Waals surface area (Å²) in [4.78, 5) is 36.7. The molecule has 0 aliphatic heterocycles. The number of amides is 2. The molecule has 0 spiro atoms. The van der Waals surface area contributed by atoms with Crippen molar-refractivity contribution in [2.24, 2.45) is 22.2 Å². The lowest BCUT2D eigenvalue weighted by atomic mass is 10.2. The smallest absolute Gasteiger partial charge is 0.370 e. The Labute approximate surface area is 240 Å². The van der Waals surface area contributed by atoms with Crippen LogP contribution in [0.1, 0.15) is 22.5 Å². The molecule has 0 radical (unpaired) electrons. The van der Waals surface area contributed by atoms with Crippen LogP contribution in [0.3, 0.4) is 0 Å². The van der Waals surface area contributed by atoms with Crippen LogP contribution in [-0.2, 0) is 11.0 Å². The van der Waals surface area contributed by atoms with Gasteiger partial charge in [0, 0.05) is 31.2 Å². The van der Waals surface area contributed by atoms with E-state index in [-0.39, 0.29) is 58.9 Å². The molecule has 1 aromatic carbocycles. The first-order chi connectivity index (χ1) is 20.0. The van der Waals surface area contributed by atoms with Gasteiger partial charge in [0.15, 0.2) is 17.4 Å². The van der Waals surface area contributed by atoms with Crippen molar-refractivity contribution >= 4 is 46.5 Å². The summed E-state index contributed by atoms with van der Waals surface area (Å²) in [6.45, 7) is 0.466. The highest BCUT2D eigenvalue weighted by molar-refractivity contribution is 6.34. The second-order valence-electron chi connectivity index (χ2n) is 8.86. The van der Waals surface area contributed by atoms with Crippen molar-refractivity contribution in [3.63, 3.8) is 0 Å². The lowest BCUT2D eigenvalue weighted by Crippen LogP contribution is -2.44. The molecule has 0 aliphatic carbocycles. The molecule has 3 heterocycles. The minimum absolute atomic E-state index is 0.0449. The summed E-state index contributed by atoms with van der Waals surface area (Å²) in [7, 11) is 0. The van der Waals surface area contributed by atoms with Crippen molar-refractivity contribution in [1.29, 1.82) is 0 Å². The number of fused-ring (bicyclic) bond motifs is 1. The highest BCUT2D eigenvalue weighted by Gasteiger charge is 2.36. The summed E-state index contributed by atoms with van der Waals surface area (Å²) in [5.41, 5.74) is 16.0. The van der Waals surface area contributed by atoms with E-state index in [2.05, 4.69) is 36.0 Å². The zero-order chi connectivity index (χ0) is 30.4. The molecule has 0 fully saturated rings. The van der Waals surface area contributed by atoms with Gasteiger partial charge >= 0.3 is 6.18 Å². The van der Waals surface area contributed by atoms with Gasteiger partial charge in [0.05, 0.1) is 40.8 Å². The van der Waals surface area contributed by atoms with E-state index in [4.69, 9.17) is 28.8 Å².